The molecule has 0 aliphatic carbocycles. The number of hydrogen-bond donors (Lipinski definition) is 1. The molecule has 0 heterocycles. The number of halogens is 2. The Hall–Kier alpha value is -1.29. The summed E-state index contributed by atoms with van der Waals surface area (Å²) in [4.78, 5) is 11.7. The van der Waals surface area contributed by atoms with Crippen molar-refractivity contribution in [3.8, 4) is 0 Å². The zero-order valence-electron chi connectivity index (χ0n) is 9.30. The Morgan fingerprint density at radius 2 is 2.00 bits per heavy atom. The Kier molecular flexibility index (Phi) is 3.43. The zero-order chi connectivity index (χ0) is 12.5. The highest BCUT2D eigenvalue weighted by atomic mass is 35.5. The summed E-state index contributed by atoms with van der Waals surface area (Å²) < 4.78 is 18.4. The Balaban J connectivity index is 3.14. The lowest BCUT2D eigenvalue weighted by Gasteiger charge is -2.20. The van der Waals surface area contributed by atoms with Gasteiger partial charge in [-0.3, -0.25) is 0 Å². The molecule has 0 bridgehead atoms. The Morgan fingerprint density at radius 1 is 1.44 bits per heavy atom. The third-order valence-electron chi connectivity index (χ3n) is 1.72. The third kappa shape index (κ3) is 2.85. The topological polar surface area (TPSA) is 52.3 Å². The summed E-state index contributed by atoms with van der Waals surface area (Å²) in [5, 5.41) is -0.116. The average Bonchev–Trinajstić information content (AvgIpc) is 2.09. The van der Waals surface area contributed by atoms with Crippen LogP contribution in [0.3, 0.4) is 0 Å². The smallest absolute Gasteiger partial charge is 0.343 e. The van der Waals surface area contributed by atoms with Crippen LogP contribution in [0.1, 0.15) is 31.1 Å². The second-order valence-corrected chi connectivity index (χ2v) is 4.71. The van der Waals surface area contributed by atoms with E-state index in [2.05, 4.69) is 0 Å². The van der Waals surface area contributed by atoms with E-state index in [4.69, 9.17) is 22.1 Å². The zero-order valence-corrected chi connectivity index (χ0v) is 10.1. The first-order valence-electron chi connectivity index (χ1n) is 4.69. The maximum Gasteiger partial charge on any atom is 0.343 e. The van der Waals surface area contributed by atoms with Crippen LogP contribution in [-0.4, -0.2) is 11.6 Å². The summed E-state index contributed by atoms with van der Waals surface area (Å²) in [6.07, 6.45) is 0. The van der Waals surface area contributed by atoms with Gasteiger partial charge in [0.25, 0.3) is 0 Å². The molecule has 5 heteroatoms. The molecule has 0 saturated carbocycles. The SMILES string of the molecule is CC(C)(C)OC(=O)c1c(F)ccc(N)c1Cl. The van der Waals surface area contributed by atoms with Gasteiger partial charge in [0.2, 0.25) is 0 Å². The number of ether oxygens (including phenoxy) is 1. The number of benzene rings is 1. The van der Waals surface area contributed by atoms with Crippen molar-refractivity contribution in [2.45, 2.75) is 26.4 Å². The number of anilines is 1. The number of carbonyl (C=O) groups excluding carboxylic acids is 1. The molecule has 3 nitrogen and oxygen atoms in total. The molecule has 1 aromatic rings. The van der Waals surface area contributed by atoms with Gasteiger partial charge in [-0.25, -0.2) is 9.18 Å². The van der Waals surface area contributed by atoms with E-state index in [1.54, 1.807) is 20.8 Å². The van der Waals surface area contributed by atoms with Crippen LogP contribution in [0.5, 0.6) is 0 Å². The van der Waals surface area contributed by atoms with Crippen LogP contribution in [0.25, 0.3) is 0 Å². The maximum absolute atomic E-state index is 13.4. The molecular formula is C11H13ClFNO2. The molecule has 1 rings (SSSR count). The lowest BCUT2D eigenvalue weighted by molar-refractivity contribution is 0.00650. The minimum atomic E-state index is -0.817. The van der Waals surface area contributed by atoms with Crippen molar-refractivity contribution in [3.05, 3.63) is 28.5 Å². The summed E-state index contributed by atoms with van der Waals surface area (Å²) in [5.74, 6) is -1.56. The van der Waals surface area contributed by atoms with E-state index in [1.807, 2.05) is 0 Å². The second-order valence-electron chi connectivity index (χ2n) is 4.33. The van der Waals surface area contributed by atoms with Crippen LogP contribution in [0.2, 0.25) is 5.02 Å². The highest BCUT2D eigenvalue weighted by Gasteiger charge is 2.24. The predicted molar refractivity (Wildman–Crippen MR) is 61.0 cm³/mol. The van der Waals surface area contributed by atoms with Gasteiger partial charge in [0.15, 0.2) is 0 Å². The van der Waals surface area contributed by atoms with Gasteiger partial charge in [0, 0.05) is 0 Å². The predicted octanol–water partition coefficient (Wildman–Crippen LogP) is 3.02. The van der Waals surface area contributed by atoms with Crippen molar-refractivity contribution < 1.29 is 13.9 Å². The summed E-state index contributed by atoms with van der Waals surface area (Å²) in [7, 11) is 0. The van der Waals surface area contributed by atoms with Crippen LogP contribution in [-0.2, 0) is 4.74 Å². The van der Waals surface area contributed by atoms with E-state index >= 15 is 0 Å². The summed E-state index contributed by atoms with van der Waals surface area (Å²) in [6, 6.07) is 2.38. The molecule has 16 heavy (non-hydrogen) atoms. The normalized spacial score (nSPS) is 11.3. The molecular weight excluding hydrogens is 233 g/mol. The summed E-state index contributed by atoms with van der Waals surface area (Å²) in [5.41, 5.74) is 4.59. The fraction of sp³-hybridized carbons (Fsp3) is 0.364. The van der Waals surface area contributed by atoms with Crippen molar-refractivity contribution in [2.75, 3.05) is 5.73 Å². The quantitative estimate of drug-likeness (QED) is 0.611. The Labute approximate surface area is 98.3 Å². The molecule has 0 saturated heterocycles. The van der Waals surface area contributed by atoms with E-state index in [-0.39, 0.29) is 16.3 Å². The molecule has 2 N–H and O–H groups in total. The minimum absolute atomic E-state index is 0.116. The molecule has 0 unspecified atom stereocenters. The van der Waals surface area contributed by atoms with Gasteiger partial charge in [-0.2, -0.15) is 0 Å². The van der Waals surface area contributed by atoms with Crippen LogP contribution < -0.4 is 5.73 Å². The lowest BCUT2D eigenvalue weighted by Crippen LogP contribution is -2.24. The fourth-order valence-corrected chi connectivity index (χ4v) is 1.32. The molecule has 0 atom stereocenters. The molecule has 0 amide bonds. The number of carbonyl (C=O) groups is 1. The molecule has 0 radical (unpaired) electrons. The lowest BCUT2D eigenvalue weighted by atomic mass is 10.1. The molecule has 88 valence electrons. The molecule has 0 fully saturated rings. The summed E-state index contributed by atoms with van der Waals surface area (Å²) in [6.45, 7) is 5.05. The number of esters is 1. The van der Waals surface area contributed by atoms with Crippen molar-refractivity contribution in [2.24, 2.45) is 0 Å². The van der Waals surface area contributed by atoms with Crippen molar-refractivity contribution in [1.82, 2.24) is 0 Å². The maximum atomic E-state index is 13.4. The number of hydrogen-bond acceptors (Lipinski definition) is 3. The standard InChI is InChI=1S/C11H13ClFNO2/c1-11(2,3)16-10(15)8-6(13)4-5-7(14)9(8)12/h4-5H,14H2,1-3H3. The van der Waals surface area contributed by atoms with Gasteiger partial charge >= 0.3 is 5.97 Å². The molecule has 1 aromatic carbocycles. The fourth-order valence-electron chi connectivity index (χ4n) is 1.08. The third-order valence-corrected chi connectivity index (χ3v) is 2.13. The van der Waals surface area contributed by atoms with Gasteiger partial charge in [-0.15, -0.1) is 0 Å². The monoisotopic (exact) mass is 245 g/mol. The molecule has 0 aromatic heterocycles. The van der Waals surface area contributed by atoms with E-state index in [1.165, 1.54) is 6.07 Å². The first kappa shape index (κ1) is 12.8. The van der Waals surface area contributed by atoms with Gasteiger partial charge in [0.05, 0.1) is 10.7 Å². The Bertz CT molecular complexity index is 427. The van der Waals surface area contributed by atoms with E-state index in [0.717, 1.165) is 6.07 Å². The molecule has 0 aliphatic rings. The number of nitrogen functional groups attached to an aromatic ring is 1. The highest BCUT2D eigenvalue weighted by Crippen LogP contribution is 2.27. The second kappa shape index (κ2) is 4.29. The van der Waals surface area contributed by atoms with E-state index in [9.17, 15) is 9.18 Å². The summed E-state index contributed by atoms with van der Waals surface area (Å²) >= 11 is 5.76. The number of rotatable bonds is 1. The molecule has 0 aliphatic heterocycles. The molecule has 0 spiro atoms. The van der Waals surface area contributed by atoms with Gasteiger partial charge in [-0.1, -0.05) is 11.6 Å². The first-order chi connectivity index (χ1) is 7.22. The van der Waals surface area contributed by atoms with Crippen molar-refractivity contribution >= 4 is 23.3 Å². The average molecular weight is 246 g/mol. The number of nitrogens with two attached hydrogens (primary N) is 1. The van der Waals surface area contributed by atoms with E-state index < -0.39 is 17.4 Å². The van der Waals surface area contributed by atoms with Crippen LogP contribution in [0.4, 0.5) is 10.1 Å². The van der Waals surface area contributed by atoms with Crippen molar-refractivity contribution in [1.29, 1.82) is 0 Å². The van der Waals surface area contributed by atoms with E-state index in [0.29, 0.717) is 0 Å². The minimum Gasteiger partial charge on any atom is -0.456 e. The first-order valence-corrected chi connectivity index (χ1v) is 5.07. The highest BCUT2D eigenvalue weighted by molar-refractivity contribution is 6.36. The Morgan fingerprint density at radius 3 is 2.50 bits per heavy atom. The van der Waals surface area contributed by atoms with Crippen LogP contribution >= 0.6 is 11.6 Å². The van der Waals surface area contributed by atoms with Crippen molar-refractivity contribution in [3.63, 3.8) is 0 Å². The van der Waals surface area contributed by atoms with Crippen LogP contribution in [0.15, 0.2) is 12.1 Å². The largest absolute Gasteiger partial charge is 0.456 e. The van der Waals surface area contributed by atoms with Gasteiger partial charge < -0.3 is 10.5 Å². The van der Waals surface area contributed by atoms with Crippen LogP contribution in [0, 0.1) is 5.82 Å². The van der Waals surface area contributed by atoms with Gasteiger partial charge in [-0.05, 0) is 32.9 Å². The van der Waals surface area contributed by atoms with Gasteiger partial charge in [0.1, 0.15) is 17.0 Å².